The summed E-state index contributed by atoms with van der Waals surface area (Å²) in [5.74, 6) is 0.688. The molecule has 5 heteroatoms. The quantitative estimate of drug-likeness (QED) is 0.916. The van der Waals surface area contributed by atoms with E-state index in [0.717, 1.165) is 17.1 Å². The zero-order chi connectivity index (χ0) is 15.4. The van der Waals surface area contributed by atoms with Gasteiger partial charge in [0.05, 0.1) is 11.7 Å². The number of anilines is 1. The van der Waals surface area contributed by atoms with Gasteiger partial charge in [0.15, 0.2) is 6.61 Å². The monoisotopic (exact) mass is 284 g/mol. The minimum Gasteiger partial charge on any atom is -0.479 e. The van der Waals surface area contributed by atoms with E-state index in [-0.39, 0.29) is 12.6 Å². The van der Waals surface area contributed by atoms with E-state index in [4.69, 9.17) is 10.00 Å². The van der Waals surface area contributed by atoms with Crippen LogP contribution < -0.4 is 10.1 Å². The Bertz CT molecular complexity index is 669. The first-order valence-corrected chi connectivity index (χ1v) is 6.89. The minimum atomic E-state index is 0.0554. The van der Waals surface area contributed by atoms with Gasteiger partial charge in [0.25, 0.3) is 0 Å². The van der Waals surface area contributed by atoms with Crippen molar-refractivity contribution < 1.29 is 4.74 Å². The Balaban J connectivity index is 2.16. The molecule has 0 aliphatic rings. The molecular weight excluding hydrogens is 264 g/mol. The number of aryl methyl sites for hydroxylation is 2. The van der Waals surface area contributed by atoms with Gasteiger partial charge in [-0.2, -0.15) is 10.4 Å². The van der Waals surface area contributed by atoms with Crippen LogP contribution in [-0.2, 0) is 7.05 Å². The second-order valence-electron chi connectivity index (χ2n) is 5.05. The molecule has 2 aromatic rings. The number of hydrogen-bond donors (Lipinski definition) is 1. The molecule has 1 atom stereocenters. The Morgan fingerprint density at radius 3 is 2.81 bits per heavy atom. The second kappa shape index (κ2) is 6.31. The molecular formula is C16H20N4O. The lowest BCUT2D eigenvalue weighted by Gasteiger charge is -2.16. The summed E-state index contributed by atoms with van der Waals surface area (Å²) in [6, 6.07) is 9.74. The number of rotatable bonds is 5. The van der Waals surface area contributed by atoms with E-state index >= 15 is 0 Å². The van der Waals surface area contributed by atoms with E-state index in [9.17, 15) is 0 Å². The lowest BCUT2D eigenvalue weighted by atomic mass is 10.1. The summed E-state index contributed by atoms with van der Waals surface area (Å²) in [5, 5.41) is 16.5. The lowest BCUT2D eigenvalue weighted by molar-refractivity contribution is 0.368. The van der Waals surface area contributed by atoms with Crippen molar-refractivity contribution in [3.8, 4) is 11.8 Å². The minimum absolute atomic E-state index is 0.0554. The smallest absolute Gasteiger partial charge is 0.174 e. The molecule has 110 valence electrons. The number of hydrogen-bond acceptors (Lipinski definition) is 4. The standard InChI is InChI=1S/C16H20N4O/c1-11(16-12(2)19-20(4)13(16)3)18-14-6-5-7-15(10-14)21-9-8-17/h5-7,10-11,18H,9H2,1-4H3. The van der Waals surface area contributed by atoms with Gasteiger partial charge >= 0.3 is 0 Å². The van der Waals surface area contributed by atoms with Crippen molar-refractivity contribution in [1.29, 1.82) is 5.26 Å². The molecule has 0 aliphatic heterocycles. The summed E-state index contributed by atoms with van der Waals surface area (Å²) >= 11 is 0. The zero-order valence-corrected chi connectivity index (χ0v) is 12.8. The Hall–Kier alpha value is -2.48. The maximum Gasteiger partial charge on any atom is 0.174 e. The third-order valence-corrected chi connectivity index (χ3v) is 3.52. The second-order valence-corrected chi connectivity index (χ2v) is 5.05. The molecule has 0 amide bonds. The molecule has 0 bridgehead atoms. The SMILES string of the molecule is Cc1nn(C)c(C)c1C(C)Nc1cccc(OCC#N)c1. The van der Waals surface area contributed by atoms with Crippen molar-refractivity contribution in [2.24, 2.45) is 7.05 Å². The third-order valence-electron chi connectivity index (χ3n) is 3.52. The van der Waals surface area contributed by atoms with Crippen molar-refractivity contribution in [2.75, 3.05) is 11.9 Å². The Morgan fingerprint density at radius 2 is 2.19 bits per heavy atom. The van der Waals surface area contributed by atoms with Gasteiger partial charge in [-0.3, -0.25) is 4.68 Å². The van der Waals surface area contributed by atoms with Crippen molar-refractivity contribution in [1.82, 2.24) is 9.78 Å². The van der Waals surface area contributed by atoms with E-state index in [1.54, 1.807) is 0 Å². The zero-order valence-electron chi connectivity index (χ0n) is 12.8. The molecule has 0 saturated carbocycles. The van der Waals surface area contributed by atoms with E-state index < -0.39 is 0 Å². The first-order chi connectivity index (χ1) is 10.0. The number of benzene rings is 1. The molecule has 1 heterocycles. The van der Waals surface area contributed by atoms with Gasteiger partial charge in [0.2, 0.25) is 0 Å². The highest BCUT2D eigenvalue weighted by atomic mass is 16.5. The normalized spacial score (nSPS) is 11.8. The summed E-state index contributed by atoms with van der Waals surface area (Å²) in [5.41, 5.74) is 4.36. The lowest BCUT2D eigenvalue weighted by Crippen LogP contribution is -2.09. The summed E-state index contributed by atoms with van der Waals surface area (Å²) in [6.45, 7) is 6.26. The largest absolute Gasteiger partial charge is 0.479 e. The average Bonchev–Trinajstić information content (AvgIpc) is 2.70. The summed E-state index contributed by atoms with van der Waals surface area (Å²) < 4.78 is 7.22. The molecule has 0 saturated heterocycles. The number of aromatic nitrogens is 2. The van der Waals surface area contributed by atoms with E-state index in [0.29, 0.717) is 5.75 Å². The third kappa shape index (κ3) is 3.34. The van der Waals surface area contributed by atoms with E-state index in [1.807, 2.05) is 49.0 Å². The summed E-state index contributed by atoms with van der Waals surface area (Å²) in [4.78, 5) is 0. The van der Waals surface area contributed by atoms with Gasteiger partial charge in [-0.1, -0.05) is 6.07 Å². The first-order valence-electron chi connectivity index (χ1n) is 6.89. The van der Waals surface area contributed by atoms with Crippen molar-refractivity contribution in [3.63, 3.8) is 0 Å². The molecule has 1 aromatic carbocycles. The van der Waals surface area contributed by atoms with Gasteiger partial charge in [-0.25, -0.2) is 0 Å². The topological polar surface area (TPSA) is 62.9 Å². The average molecular weight is 284 g/mol. The van der Waals surface area contributed by atoms with Crippen LogP contribution in [0.2, 0.25) is 0 Å². The number of nitrogens with one attached hydrogen (secondary N) is 1. The summed E-state index contributed by atoms with van der Waals surface area (Å²) in [7, 11) is 1.95. The molecule has 0 radical (unpaired) electrons. The van der Waals surface area contributed by atoms with E-state index in [1.165, 1.54) is 5.56 Å². The highest BCUT2D eigenvalue weighted by Gasteiger charge is 2.16. The number of nitrogens with zero attached hydrogens (tertiary/aromatic N) is 3. The fraction of sp³-hybridized carbons (Fsp3) is 0.375. The van der Waals surface area contributed by atoms with Crippen LogP contribution in [0.5, 0.6) is 5.75 Å². The summed E-state index contributed by atoms with van der Waals surface area (Å²) in [6.07, 6.45) is 0. The molecule has 1 unspecified atom stereocenters. The first kappa shape index (κ1) is 14.9. The van der Waals surface area contributed by atoms with E-state index in [2.05, 4.69) is 24.3 Å². The van der Waals surface area contributed by atoms with Gasteiger partial charge in [0.1, 0.15) is 11.8 Å². The molecule has 1 N–H and O–H groups in total. The fourth-order valence-corrected chi connectivity index (χ4v) is 2.53. The van der Waals surface area contributed by atoms with Crippen LogP contribution in [0.3, 0.4) is 0 Å². The molecule has 2 rings (SSSR count). The number of nitriles is 1. The predicted molar refractivity (Wildman–Crippen MR) is 82.3 cm³/mol. The highest BCUT2D eigenvalue weighted by molar-refractivity contribution is 5.50. The fourth-order valence-electron chi connectivity index (χ4n) is 2.53. The van der Waals surface area contributed by atoms with Crippen LogP contribution in [0.4, 0.5) is 5.69 Å². The molecule has 0 fully saturated rings. The van der Waals surface area contributed by atoms with Crippen LogP contribution in [0.25, 0.3) is 0 Å². The Kier molecular flexibility index (Phi) is 4.49. The van der Waals surface area contributed by atoms with Crippen LogP contribution >= 0.6 is 0 Å². The van der Waals surface area contributed by atoms with Crippen LogP contribution in [-0.4, -0.2) is 16.4 Å². The van der Waals surface area contributed by atoms with Gasteiger partial charge in [-0.15, -0.1) is 0 Å². The van der Waals surface area contributed by atoms with Crippen LogP contribution in [0.1, 0.15) is 29.9 Å². The predicted octanol–water partition coefficient (Wildman–Crippen LogP) is 3.11. The molecule has 0 aliphatic carbocycles. The van der Waals surface area contributed by atoms with Crippen molar-refractivity contribution in [3.05, 3.63) is 41.2 Å². The Morgan fingerprint density at radius 1 is 1.43 bits per heavy atom. The maximum absolute atomic E-state index is 8.55. The van der Waals surface area contributed by atoms with Gasteiger partial charge < -0.3 is 10.1 Å². The maximum atomic E-state index is 8.55. The van der Waals surface area contributed by atoms with Crippen molar-refractivity contribution in [2.45, 2.75) is 26.8 Å². The van der Waals surface area contributed by atoms with Gasteiger partial charge in [-0.05, 0) is 32.9 Å². The number of ether oxygens (including phenoxy) is 1. The molecule has 21 heavy (non-hydrogen) atoms. The molecule has 0 spiro atoms. The molecule has 1 aromatic heterocycles. The van der Waals surface area contributed by atoms with Gasteiger partial charge in [0, 0.05) is 30.1 Å². The highest BCUT2D eigenvalue weighted by Crippen LogP contribution is 2.26. The van der Waals surface area contributed by atoms with Crippen LogP contribution in [0, 0.1) is 25.2 Å². The van der Waals surface area contributed by atoms with Crippen molar-refractivity contribution >= 4 is 5.69 Å². The molecule has 5 nitrogen and oxygen atoms in total. The Labute approximate surface area is 125 Å². The van der Waals surface area contributed by atoms with Crippen LogP contribution in [0.15, 0.2) is 24.3 Å².